The molecule has 0 aromatic carbocycles. The molecule has 0 saturated carbocycles. The number of hydrogen-bond acceptors (Lipinski definition) is 4. The van der Waals surface area contributed by atoms with Crippen LogP contribution in [0.4, 0.5) is 4.79 Å². The van der Waals surface area contributed by atoms with Gasteiger partial charge in [-0.05, 0) is 12.3 Å². The zero-order chi connectivity index (χ0) is 11.3. The van der Waals surface area contributed by atoms with Gasteiger partial charge in [-0.1, -0.05) is 0 Å². The van der Waals surface area contributed by atoms with Crippen molar-refractivity contribution in [3.05, 3.63) is 0 Å². The Morgan fingerprint density at radius 3 is 2.93 bits per heavy atom. The molecule has 0 radical (unpaired) electrons. The Morgan fingerprint density at radius 1 is 1.60 bits per heavy atom. The molecule has 15 heavy (non-hydrogen) atoms. The molecule has 86 valence electrons. The molecule has 1 saturated heterocycles. The van der Waals surface area contributed by atoms with E-state index >= 15 is 0 Å². The molecular formula is C9H15NO5. The lowest BCUT2D eigenvalue weighted by molar-refractivity contribution is -0.139. The van der Waals surface area contributed by atoms with Crippen LogP contribution >= 0.6 is 0 Å². The fourth-order valence-electron chi connectivity index (χ4n) is 1.62. The lowest BCUT2D eigenvalue weighted by atomic mass is 9.92. The summed E-state index contributed by atoms with van der Waals surface area (Å²) in [5.41, 5.74) is 0. The molecule has 0 aromatic rings. The van der Waals surface area contributed by atoms with Gasteiger partial charge in [0.15, 0.2) is 0 Å². The summed E-state index contributed by atoms with van der Waals surface area (Å²) in [5.74, 6) is -0.950. The van der Waals surface area contributed by atoms with Crippen molar-refractivity contribution >= 4 is 12.1 Å². The molecule has 1 fully saturated rings. The third kappa shape index (κ3) is 3.75. The average Bonchev–Trinajstić information content (AvgIpc) is 2.20. The molecular weight excluding hydrogens is 202 g/mol. The van der Waals surface area contributed by atoms with Crippen LogP contribution in [0.1, 0.15) is 12.8 Å². The van der Waals surface area contributed by atoms with E-state index in [4.69, 9.17) is 9.84 Å². The monoisotopic (exact) mass is 217 g/mol. The SMILES string of the molecule is COC(=O)NC1COCCC1CC(=O)O. The van der Waals surface area contributed by atoms with E-state index in [1.54, 1.807) is 0 Å². The van der Waals surface area contributed by atoms with Crippen LogP contribution in [0.25, 0.3) is 0 Å². The predicted octanol–water partition coefficient (Wildman–Crippen LogP) is 0.222. The Bertz CT molecular complexity index is 243. The first-order valence-electron chi connectivity index (χ1n) is 4.77. The molecule has 6 nitrogen and oxygen atoms in total. The maximum Gasteiger partial charge on any atom is 0.407 e. The third-order valence-electron chi connectivity index (χ3n) is 2.42. The second-order valence-electron chi connectivity index (χ2n) is 3.46. The number of carboxylic acid groups (broad SMARTS) is 1. The van der Waals surface area contributed by atoms with Gasteiger partial charge in [-0.3, -0.25) is 4.79 Å². The number of hydrogen-bond donors (Lipinski definition) is 2. The fraction of sp³-hybridized carbons (Fsp3) is 0.778. The van der Waals surface area contributed by atoms with Crippen LogP contribution in [0, 0.1) is 5.92 Å². The number of methoxy groups -OCH3 is 1. The van der Waals surface area contributed by atoms with E-state index in [-0.39, 0.29) is 18.4 Å². The molecule has 1 aliphatic rings. The molecule has 0 spiro atoms. The van der Waals surface area contributed by atoms with Crippen LogP contribution in [0.2, 0.25) is 0 Å². The van der Waals surface area contributed by atoms with Crippen molar-refractivity contribution in [3.63, 3.8) is 0 Å². The molecule has 1 amide bonds. The van der Waals surface area contributed by atoms with Crippen molar-refractivity contribution in [1.82, 2.24) is 5.32 Å². The summed E-state index contributed by atoms with van der Waals surface area (Å²) in [5, 5.41) is 11.3. The van der Waals surface area contributed by atoms with E-state index in [2.05, 4.69) is 10.1 Å². The molecule has 1 heterocycles. The number of carboxylic acids is 1. The second kappa shape index (κ2) is 5.55. The predicted molar refractivity (Wildman–Crippen MR) is 50.5 cm³/mol. The smallest absolute Gasteiger partial charge is 0.407 e. The van der Waals surface area contributed by atoms with E-state index in [9.17, 15) is 9.59 Å². The van der Waals surface area contributed by atoms with Gasteiger partial charge in [0.1, 0.15) is 0 Å². The van der Waals surface area contributed by atoms with Gasteiger partial charge < -0.3 is 19.9 Å². The Labute approximate surface area is 87.5 Å². The maximum absolute atomic E-state index is 11.0. The highest BCUT2D eigenvalue weighted by Crippen LogP contribution is 2.19. The maximum atomic E-state index is 11.0. The van der Waals surface area contributed by atoms with Crippen LogP contribution < -0.4 is 5.32 Å². The number of nitrogens with one attached hydrogen (secondary N) is 1. The third-order valence-corrected chi connectivity index (χ3v) is 2.42. The first-order valence-corrected chi connectivity index (χ1v) is 4.77. The number of rotatable bonds is 3. The number of amides is 1. The van der Waals surface area contributed by atoms with Gasteiger partial charge in [0.05, 0.1) is 26.2 Å². The first kappa shape index (κ1) is 11.8. The molecule has 1 rings (SSSR count). The van der Waals surface area contributed by atoms with Crippen molar-refractivity contribution < 1.29 is 24.2 Å². The van der Waals surface area contributed by atoms with Crippen molar-refractivity contribution in [3.8, 4) is 0 Å². The quantitative estimate of drug-likeness (QED) is 0.706. The fourth-order valence-corrected chi connectivity index (χ4v) is 1.62. The van der Waals surface area contributed by atoms with Gasteiger partial charge in [-0.25, -0.2) is 4.79 Å². The van der Waals surface area contributed by atoms with Crippen LogP contribution in [-0.2, 0) is 14.3 Å². The second-order valence-corrected chi connectivity index (χ2v) is 3.46. The molecule has 2 atom stereocenters. The summed E-state index contributed by atoms with van der Waals surface area (Å²) >= 11 is 0. The average molecular weight is 217 g/mol. The number of aliphatic carboxylic acids is 1. The lowest BCUT2D eigenvalue weighted by Gasteiger charge is -2.30. The van der Waals surface area contributed by atoms with E-state index in [0.29, 0.717) is 19.6 Å². The highest BCUT2D eigenvalue weighted by molar-refractivity contribution is 5.69. The molecule has 2 unspecified atom stereocenters. The minimum atomic E-state index is -0.862. The molecule has 6 heteroatoms. The van der Waals surface area contributed by atoms with Gasteiger partial charge in [0.25, 0.3) is 0 Å². The summed E-state index contributed by atoms with van der Waals surface area (Å²) in [7, 11) is 1.27. The summed E-state index contributed by atoms with van der Waals surface area (Å²) in [6.45, 7) is 0.879. The molecule has 0 aromatic heterocycles. The van der Waals surface area contributed by atoms with E-state index in [0.717, 1.165) is 0 Å². The van der Waals surface area contributed by atoms with E-state index < -0.39 is 12.1 Å². The van der Waals surface area contributed by atoms with Gasteiger partial charge in [0, 0.05) is 6.61 Å². The van der Waals surface area contributed by atoms with E-state index in [1.807, 2.05) is 0 Å². The summed E-state index contributed by atoms with van der Waals surface area (Å²) < 4.78 is 9.63. The Morgan fingerprint density at radius 2 is 2.33 bits per heavy atom. The van der Waals surface area contributed by atoms with Crippen molar-refractivity contribution in [2.45, 2.75) is 18.9 Å². The summed E-state index contributed by atoms with van der Waals surface area (Å²) in [6.07, 6.45) is 0.125. The lowest BCUT2D eigenvalue weighted by Crippen LogP contribution is -2.47. The highest BCUT2D eigenvalue weighted by atomic mass is 16.5. The summed E-state index contributed by atoms with van der Waals surface area (Å²) in [6, 6.07) is -0.276. The van der Waals surface area contributed by atoms with Crippen molar-refractivity contribution in [2.75, 3.05) is 20.3 Å². The zero-order valence-electron chi connectivity index (χ0n) is 8.56. The van der Waals surface area contributed by atoms with Crippen LogP contribution in [0.15, 0.2) is 0 Å². The van der Waals surface area contributed by atoms with Gasteiger partial charge in [-0.15, -0.1) is 0 Å². The number of carbonyl (C=O) groups excluding carboxylic acids is 1. The number of ether oxygens (including phenoxy) is 2. The Kier molecular flexibility index (Phi) is 4.36. The van der Waals surface area contributed by atoms with Gasteiger partial charge in [0.2, 0.25) is 0 Å². The van der Waals surface area contributed by atoms with E-state index in [1.165, 1.54) is 7.11 Å². The summed E-state index contributed by atoms with van der Waals surface area (Å²) in [4.78, 5) is 21.6. The molecule has 0 aliphatic carbocycles. The molecule has 2 N–H and O–H groups in total. The Hall–Kier alpha value is -1.30. The minimum Gasteiger partial charge on any atom is -0.481 e. The van der Waals surface area contributed by atoms with Gasteiger partial charge in [-0.2, -0.15) is 0 Å². The van der Waals surface area contributed by atoms with Crippen LogP contribution in [-0.4, -0.2) is 43.5 Å². The first-order chi connectivity index (χ1) is 7.13. The highest BCUT2D eigenvalue weighted by Gasteiger charge is 2.29. The van der Waals surface area contributed by atoms with Crippen molar-refractivity contribution in [1.29, 1.82) is 0 Å². The normalized spacial score (nSPS) is 25.7. The topological polar surface area (TPSA) is 84.9 Å². The largest absolute Gasteiger partial charge is 0.481 e. The number of alkyl carbamates (subject to hydrolysis) is 1. The van der Waals surface area contributed by atoms with Crippen LogP contribution in [0.5, 0.6) is 0 Å². The standard InChI is InChI=1S/C9H15NO5/c1-14-9(13)10-7-5-15-3-2-6(7)4-8(11)12/h6-7H,2-5H2,1H3,(H,10,13)(H,11,12). The molecule has 0 bridgehead atoms. The molecule has 1 aliphatic heterocycles. The van der Waals surface area contributed by atoms with Crippen LogP contribution in [0.3, 0.4) is 0 Å². The Balaban J connectivity index is 2.49. The zero-order valence-corrected chi connectivity index (χ0v) is 8.56. The van der Waals surface area contributed by atoms with Gasteiger partial charge >= 0.3 is 12.1 Å². The van der Waals surface area contributed by atoms with Crippen molar-refractivity contribution in [2.24, 2.45) is 5.92 Å². The minimum absolute atomic E-state index is 0.0397. The number of carbonyl (C=O) groups is 2.